The summed E-state index contributed by atoms with van der Waals surface area (Å²) in [5, 5.41) is 6.04. The average Bonchev–Trinajstić information content (AvgIpc) is 2.69. The lowest BCUT2D eigenvalue weighted by Crippen LogP contribution is -2.23. The summed E-state index contributed by atoms with van der Waals surface area (Å²) in [4.78, 5) is 33.0. The van der Waals surface area contributed by atoms with E-state index in [4.69, 9.17) is 11.6 Å². The van der Waals surface area contributed by atoms with Crippen molar-refractivity contribution < 1.29 is 9.59 Å². The molecule has 0 fully saturated rings. The lowest BCUT2D eigenvalue weighted by Gasteiger charge is -2.12. The number of amides is 2. The van der Waals surface area contributed by atoms with E-state index in [9.17, 15) is 9.59 Å². The SMILES string of the molecule is Cc1cc(C)c(NC(=O)c2cc(C(=O)NCc3ccncc3)ccn2)c(Cl)c1. The van der Waals surface area contributed by atoms with Crippen molar-refractivity contribution in [3.63, 3.8) is 0 Å². The normalized spacial score (nSPS) is 10.4. The molecule has 7 heteroatoms. The molecule has 2 amide bonds. The highest BCUT2D eigenvalue weighted by molar-refractivity contribution is 6.34. The first-order chi connectivity index (χ1) is 13.4. The van der Waals surface area contributed by atoms with Gasteiger partial charge in [-0.2, -0.15) is 0 Å². The zero-order valence-electron chi connectivity index (χ0n) is 15.5. The van der Waals surface area contributed by atoms with E-state index in [2.05, 4.69) is 20.6 Å². The van der Waals surface area contributed by atoms with E-state index in [1.807, 2.05) is 32.0 Å². The van der Waals surface area contributed by atoms with Crippen LogP contribution in [0.1, 0.15) is 37.5 Å². The molecule has 0 radical (unpaired) electrons. The van der Waals surface area contributed by atoms with Crippen molar-refractivity contribution in [3.8, 4) is 0 Å². The molecule has 2 N–H and O–H groups in total. The number of carbonyl (C=O) groups is 2. The van der Waals surface area contributed by atoms with E-state index in [0.29, 0.717) is 22.8 Å². The summed E-state index contributed by atoms with van der Waals surface area (Å²) in [6.07, 6.45) is 4.75. The average molecular weight is 395 g/mol. The number of rotatable bonds is 5. The van der Waals surface area contributed by atoms with Crippen LogP contribution in [0.3, 0.4) is 0 Å². The number of halogens is 1. The summed E-state index contributed by atoms with van der Waals surface area (Å²) in [6.45, 7) is 4.16. The quantitative estimate of drug-likeness (QED) is 0.686. The van der Waals surface area contributed by atoms with Crippen LogP contribution >= 0.6 is 11.6 Å². The van der Waals surface area contributed by atoms with Crippen molar-refractivity contribution in [3.05, 3.63) is 88.0 Å². The zero-order valence-corrected chi connectivity index (χ0v) is 16.2. The van der Waals surface area contributed by atoms with Gasteiger partial charge in [-0.3, -0.25) is 19.6 Å². The molecule has 0 saturated heterocycles. The van der Waals surface area contributed by atoms with Crippen LogP contribution < -0.4 is 10.6 Å². The number of nitrogens with zero attached hydrogens (tertiary/aromatic N) is 2. The molecular formula is C21H19ClN4O2. The Hall–Kier alpha value is -3.25. The van der Waals surface area contributed by atoms with Crippen molar-refractivity contribution >= 4 is 29.1 Å². The van der Waals surface area contributed by atoms with Gasteiger partial charge in [0.15, 0.2) is 0 Å². The largest absolute Gasteiger partial charge is 0.348 e. The van der Waals surface area contributed by atoms with Crippen LogP contribution in [0.5, 0.6) is 0 Å². The summed E-state index contributed by atoms with van der Waals surface area (Å²) in [6, 6.07) is 10.4. The second-order valence-corrected chi connectivity index (χ2v) is 6.77. The molecule has 2 heterocycles. The maximum Gasteiger partial charge on any atom is 0.274 e. The Bertz CT molecular complexity index is 999. The van der Waals surface area contributed by atoms with Crippen LogP contribution in [0.2, 0.25) is 5.02 Å². The molecule has 3 rings (SSSR count). The fraction of sp³-hybridized carbons (Fsp3) is 0.143. The standard InChI is InChI=1S/C21H19ClN4O2/c1-13-9-14(2)19(17(22)10-13)26-21(28)18-11-16(5-8-24-18)20(27)25-12-15-3-6-23-7-4-15/h3-11H,12H2,1-2H3,(H,25,27)(H,26,28). The lowest BCUT2D eigenvalue weighted by atomic mass is 10.1. The summed E-state index contributed by atoms with van der Waals surface area (Å²) in [5.41, 5.74) is 3.80. The van der Waals surface area contributed by atoms with Gasteiger partial charge in [0.05, 0.1) is 10.7 Å². The molecule has 0 atom stereocenters. The minimum Gasteiger partial charge on any atom is -0.348 e. The van der Waals surface area contributed by atoms with Crippen LogP contribution in [0.25, 0.3) is 0 Å². The lowest BCUT2D eigenvalue weighted by molar-refractivity contribution is 0.0950. The van der Waals surface area contributed by atoms with Crippen molar-refractivity contribution in [1.82, 2.24) is 15.3 Å². The molecular weight excluding hydrogens is 376 g/mol. The Morgan fingerprint density at radius 3 is 2.46 bits per heavy atom. The van der Waals surface area contributed by atoms with E-state index >= 15 is 0 Å². The maximum atomic E-state index is 12.6. The number of aromatic nitrogens is 2. The molecule has 0 unspecified atom stereocenters. The summed E-state index contributed by atoms with van der Waals surface area (Å²) in [5.74, 6) is -0.726. The van der Waals surface area contributed by atoms with Gasteiger partial charge in [-0.05, 0) is 60.9 Å². The monoisotopic (exact) mass is 394 g/mol. The predicted molar refractivity (Wildman–Crippen MR) is 109 cm³/mol. The third-order valence-electron chi connectivity index (χ3n) is 4.13. The van der Waals surface area contributed by atoms with Gasteiger partial charge in [-0.25, -0.2) is 0 Å². The highest BCUT2D eigenvalue weighted by Gasteiger charge is 2.15. The van der Waals surface area contributed by atoms with Gasteiger partial charge in [0.2, 0.25) is 0 Å². The Labute approximate surface area is 168 Å². The van der Waals surface area contributed by atoms with Gasteiger partial charge < -0.3 is 10.6 Å². The Morgan fingerprint density at radius 1 is 1.00 bits per heavy atom. The fourth-order valence-corrected chi connectivity index (χ4v) is 3.10. The number of hydrogen-bond donors (Lipinski definition) is 2. The zero-order chi connectivity index (χ0) is 20.1. The summed E-state index contributed by atoms with van der Waals surface area (Å²) >= 11 is 6.24. The molecule has 0 aliphatic rings. The topological polar surface area (TPSA) is 84.0 Å². The minimum absolute atomic E-state index is 0.132. The second-order valence-electron chi connectivity index (χ2n) is 6.36. The number of pyridine rings is 2. The van der Waals surface area contributed by atoms with E-state index in [0.717, 1.165) is 16.7 Å². The molecule has 2 aromatic heterocycles. The van der Waals surface area contributed by atoms with Gasteiger partial charge >= 0.3 is 0 Å². The van der Waals surface area contributed by atoms with Gasteiger partial charge in [0.25, 0.3) is 11.8 Å². The van der Waals surface area contributed by atoms with E-state index in [1.54, 1.807) is 24.5 Å². The molecule has 3 aromatic rings. The fourth-order valence-electron chi connectivity index (χ4n) is 2.73. The van der Waals surface area contributed by atoms with Crippen molar-refractivity contribution in [2.45, 2.75) is 20.4 Å². The van der Waals surface area contributed by atoms with Crippen LogP contribution in [0, 0.1) is 13.8 Å². The minimum atomic E-state index is -0.433. The van der Waals surface area contributed by atoms with Crippen LogP contribution in [-0.2, 0) is 6.54 Å². The molecule has 0 bridgehead atoms. The van der Waals surface area contributed by atoms with Crippen molar-refractivity contribution in [1.29, 1.82) is 0 Å². The molecule has 0 aliphatic heterocycles. The van der Waals surface area contributed by atoms with Crippen LogP contribution in [0.15, 0.2) is 55.0 Å². The van der Waals surface area contributed by atoms with Gasteiger partial charge in [-0.15, -0.1) is 0 Å². The Balaban J connectivity index is 1.72. The number of aryl methyl sites for hydroxylation is 2. The highest BCUT2D eigenvalue weighted by atomic mass is 35.5. The first-order valence-electron chi connectivity index (χ1n) is 8.65. The maximum absolute atomic E-state index is 12.6. The summed E-state index contributed by atoms with van der Waals surface area (Å²) in [7, 11) is 0. The molecule has 1 aromatic carbocycles. The predicted octanol–water partition coefficient (Wildman–Crippen LogP) is 3.93. The highest BCUT2D eigenvalue weighted by Crippen LogP contribution is 2.27. The number of nitrogens with one attached hydrogen (secondary N) is 2. The Kier molecular flexibility index (Phi) is 6.01. The summed E-state index contributed by atoms with van der Waals surface area (Å²) < 4.78 is 0. The molecule has 6 nitrogen and oxygen atoms in total. The van der Waals surface area contributed by atoms with Crippen molar-refractivity contribution in [2.75, 3.05) is 5.32 Å². The van der Waals surface area contributed by atoms with E-state index in [-0.39, 0.29) is 11.6 Å². The molecule has 28 heavy (non-hydrogen) atoms. The number of anilines is 1. The van der Waals surface area contributed by atoms with Gasteiger partial charge in [0.1, 0.15) is 5.69 Å². The third kappa shape index (κ3) is 4.72. The van der Waals surface area contributed by atoms with Crippen LogP contribution in [-0.4, -0.2) is 21.8 Å². The second kappa shape index (κ2) is 8.63. The first-order valence-corrected chi connectivity index (χ1v) is 9.03. The smallest absolute Gasteiger partial charge is 0.274 e. The number of hydrogen-bond acceptors (Lipinski definition) is 4. The molecule has 0 spiro atoms. The number of benzene rings is 1. The number of carbonyl (C=O) groups excluding carboxylic acids is 2. The van der Waals surface area contributed by atoms with Gasteiger partial charge in [0, 0.05) is 30.7 Å². The van der Waals surface area contributed by atoms with Crippen molar-refractivity contribution in [2.24, 2.45) is 0 Å². The Morgan fingerprint density at radius 2 is 1.75 bits per heavy atom. The van der Waals surface area contributed by atoms with E-state index < -0.39 is 5.91 Å². The molecule has 142 valence electrons. The van der Waals surface area contributed by atoms with Gasteiger partial charge in [-0.1, -0.05) is 17.7 Å². The molecule has 0 saturated carbocycles. The van der Waals surface area contributed by atoms with Crippen LogP contribution in [0.4, 0.5) is 5.69 Å². The molecule has 0 aliphatic carbocycles. The first kappa shape index (κ1) is 19.5. The third-order valence-corrected chi connectivity index (χ3v) is 4.43. The van der Waals surface area contributed by atoms with E-state index in [1.165, 1.54) is 12.3 Å².